The molecule has 3 rings (SSSR count). The highest BCUT2D eigenvalue weighted by Crippen LogP contribution is 2.55. The van der Waals surface area contributed by atoms with Crippen molar-refractivity contribution >= 4 is 32.2 Å². The number of anilines is 1. The van der Waals surface area contributed by atoms with Crippen molar-refractivity contribution in [1.29, 1.82) is 0 Å². The number of ether oxygens (including phenoxy) is 1. The maximum absolute atomic E-state index is 11.7. The molecule has 1 unspecified atom stereocenters. The molecule has 150 valence electrons. The number of aliphatic hydroxyl groups is 2. The van der Waals surface area contributed by atoms with Gasteiger partial charge >= 0.3 is 15.2 Å². The van der Waals surface area contributed by atoms with Crippen LogP contribution < -0.4 is 5.73 Å². The van der Waals surface area contributed by atoms with Crippen LogP contribution >= 0.6 is 15.2 Å². The first-order valence-corrected chi connectivity index (χ1v) is 11.0. The van der Waals surface area contributed by atoms with E-state index in [9.17, 15) is 24.2 Å². The van der Waals surface area contributed by atoms with Gasteiger partial charge in [-0.25, -0.2) is 15.0 Å². The maximum Gasteiger partial charge on any atom is 0.340 e. The Morgan fingerprint density at radius 3 is 2.56 bits per heavy atom. The quantitative estimate of drug-likeness (QED) is 0.286. The van der Waals surface area contributed by atoms with E-state index in [0.29, 0.717) is 0 Å². The van der Waals surface area contributed by atoms with E-state index in [4.69, 9.17) is 20.3 Å². The topological polar surface area (TPSA) is 223 Å². The molecule has 0 aromatic carbocycles. The third-order valence-corrected chi connectivity index (χ3v) is 7.26. The summed E-state index contributed by atoms with van der Waals surface area (Å²) in [6, 6.07) is 0. The SMILES string of the molecule is Nc1ncnc2c1ncn2[C@@H]1O[C@@H](COP(=O)(O)CP(=O)(O)O)[C@H](O)[C@H]1O. The summed E-state index contributed by atoms with van der Waals surface area (Å²) >= 11 is 0. The Kier molecular flexibility index (Phi) is 5.38. The Morgan fingerprint density at radius 2 is 1.89 bits per heavy atom. The summed E-state index contributed by atoms with van der Waals surface area (Å²) in [6.45, 7) is -0.688. The second-order valence-corrected chi connectivity index (χ2v) is 9.86. The predicted molar refractivity (Wildman–Crippen MR) is 88.3 cm³/mol. The molecule has 0 amide bonds. The number of nitrogens with zero attached hydrogens (tertiary/aromatic N) is 4. The van der Waals surface area contributed by atoms with Crippen molar-refractivity contribution in [3.05, 3.63) is 12.7 Å². The smallest absolute Gasteiger partial charge is 0.340 e. The Bertz CT molecular complexity index is 932. The molecule has 1 saturated heterocycles. The van der Waals surface area contributed by atoms with Crippen molar-refractivity contribution in [3.8, 4) is 0 Å². The third-order valence-electron chi connectivity index (χ3n) is 3.80. The van der Waals surface area contributed by atoms with Crippen LogP contribution in [-0.2, 0) is 18.4 Å². The molecule has 0 aliphatic carbocycles. The Hall–Kier alpha value is -1.47. The number of nitrogens with two attached hydrogens (primary N) is 1. The van der Waals surface area contributed by atoms with Crippen molar-refractivity contribution < 1.29 is 43.3 Å². The minimum absolute atomic E-state index is 0.102. The average Bonchev–Trinajstić information content (AvgIpc) is 3.07. The molecule has 0 radical (unpaired) electrons. The molecular weight excluding hydrogens is 408 g/mol. The molecule has 2 aromatic rings. The first-order valence-electron chi connectivity index (χ1n) is 7.44. The zero-order valence-electron chi connectivity index (χ0n) is 13.5. The zero-order valence-corrected chi connectivity index (χ0v) is 15.3. The van der Waals surface area contributed by atoms with Crippen molar-refractivity contribution in [2.75, 3.05) is 18.2 Å². The number of aliphatic hydroxyl groups excluding tert-OH is 2. The highest BCUT2D eigenvalue weighted by Gasteiger charge is 2.45. The predicted octanol–water partition coefficient (Wildman–Crippen LogP) is -1.64. The fourth-order valence-corrected chi connectivity index (χ4v) is 5.19. The third kappa shape index (κ3) is 4.35. The van der Waals surface area contributed by atoms with Crippen LogP contribution in [0.5, 0.6) is 0 Å². The number of nitrogen functional groups attached to an aromatic ring is 1. The summed E-state index contributed by atoms with van der Waals surface area (Å²) in [6.07, 6.45) is -2.94. The first kappa shape index (κ1) is 20.3. The van der Waals surface area contributed by atoms with Crippen LogP contribution in [0.2, 0.25) is 0 Å². The van der Waals surface area contributed by atoms with Crippen molar-refractivity contribution in [1.82, 2.24) is 19.5 Å². The van der Waals surface area contributed by atoms with Gasteiger partial charge in [-0.15, -0.1) is 0 Å². The van der Waals surface area contributed by atoms with Gasteiger partial charge in [-0.3, -0.25) is 13.7 Å². The summed E-state index contributed by atoms with van der Waals surface area (Å²) in [4.78, 5) is 38.8. The van der Waals surface area contributed by atoms with Crippen LogP contribution in [0.1, 0.15) is 6.23 Å². The molecule has 3 heterocycles. The number of hydrogen-bond acceptors (Lipinski definition) is 10. The molecule has 1 aliphatic rings. The Balaban J connectivity index is 1.75. The minimum atomic E-state index is -4.79. The van der Waals surface area contributed by atoms with E-state index in [1.807, 2.05) is 0 Å². The van der Waals surface area contributed by atoms with Crippen LogP contribution in [0.25, 0.3) is 11.2 Å². The van der Waals surface area contributed by atoms with Gasteiger partial charge in [0.1, 0.15) is 30.2 Å². The molecule has 16 heteroatoms. The van der Waals surface area contributed by atoms with E-state index >= 15 is 0 Å². The summed E-state index contributed by atoms with van der Waals surface area (Å²) in [5.74, 6) is -1.28. The fourth-order valence-electron chi connectivity index (χ4n) is 2.62. The van der Waals surface area contributed by atoms with Gasteiger partial charge in [0.2, 0.25) is 0 Å². The lowest BCUT2D eigenvalue weighted by atomic mass is 10.1. The molecule has 5 atom stereocenters. The summed E-state index contributed by atoms with van der Waals surface area (Å²) < 4.78 is 33.9. The van der Waals surface area contributed by atoms with E-state index in [-0.39, 0.29) is 17.0 Å². The van der Waals surface area contributed by atoms with Crippen molar-refractivity contribution in [2.45, 2.75) is 24.5 Å². The van der Waals surface area contributed by atoms with E-state index in [1.165, 1.54) is 17.2 Å². The molecule has 0 saturated carbocycles. The number of hydrogen-bond donors (Lipinski definition) is 6. The minimum Gasteiger partial charge on any atom is -0.387 e. The lowest BCUT2D eigenvalue weighted by Crippen LogP contribution is -2.33. The van der Waals surface area contributed by atoms with Gasteiger partial charge in [0, 0.05) is 0 Å². The normalized spacial score (nSPS) is 28.5. The zero-order chi connectivity index (χ0) is 20.0. The lowest BCUT2D eigenvalue weighted by molar-refractivity contribution is -0.0483. The molecule has 0 spiro atoms. The fraction of sp³-hybridized carbons (Fsp3) is 0.545. The van der Waals surface area contributed by atoms with Gasteiger partial charge in [0.25, 0.3) is 0 Å². The van der Waals surface area contributed by atoms with Crippen LogP contribution in [0, 0.1) is 0 Å². The second-order valence-electron chi connectivity index (χ2n) is 5.87. The summed E-state index contributed by atoms with van der Waals surface area (Å²) in [5.41, 5.74) is 6.17. The second kappa shape index (κ2) is 7.17. The van der Waals surface area contributed by atoms with Gasteiger partial charge < -0.3 is 39.9 Å². The van der Waals surface area contributed by atoms with Crippen molar-refractivity contribution in [2.24, 2.45) is 0 Å². The van der Waals surface area contributed by atoms with Crippen LogP contribution in [0.15, 0.2) is 12.7 Å². The van der Waals surface area contributed by atoms with Crippen molar-refractivity contribution in [3.63, 3.8) is 0 Å². The highest BCUT2D eigenvalue weighted by atomic mass is 31.2. The molecule has 1 fully saturated rings. The maximum atomic E-state index is 11.7. The number of aromatic nitrogens is 4. The number of fused-ring (bicyclic) bond motifs is 1. The van der Waals surface area contributed by atoms with Gasteiger partial charge in [-0.1, -0.05) is 0 Å². The van der Waals surface area contributed by atoms with E-state index < -0.39 is 52.2 Å². The van der Waals surface area contributed by atoms with Crippen LogP contribution in [-0.4, -0.2) is 75.2 Å². The van der Waals surface area contributed by atoms with Gasteiger partial charge in [0.15, 0.2) is 23.6 Å². The van der Waals surface area contributed by atoms with Gasteiger partial charge in [-0.2, -0.15) is 0 Å². The highest BCUT2D eigenvalue weighted by molar-refractivity contribution is 7.70. The van der Waals surface area contributed by atoms with Gasteiger partial charge in [-0.05, 0) is 0 Å². The summed E-state index contributed by atoms with van der Waals surface area (Å²) in [7, 11) is -9.42. The number of imidazole rings is 1. The van der Waals surface area contributed by atoms with Crippen LogP contribution in [0.3, 0.4) is 0 Å². The first-order chi connectivity index (χ1) is 12.5. The van der Waals surface area contributed by atoms with E-state index in [0.717, 1.165) is 0 Å². The molecule has 2 aromatic heterocycles. The summed E-state index contributed by atoms with van der Waals surface area (Å²) in [5, 5.41) is 20.3. The largest absolute Gasteiger partial charge is 0.387 e. The molecule has 7 N–H and O–H groups in total. The Morgan fingerprint density at radius 1 is 1.19 bits per heavy atom. The average molecular weight is 425 g/mol. The molecule has 14 nitrogen and oxygen atoms in total. The molecule has 0 bridgehead atoms. The van der Waals surface area contributed by atoms with Gasteiger partial charge in [0.05, 0.1) is 12.9 Å². The van der Waals surface area contributed by atoms with Crippen LogP contribution in [0.4, 0.5) is 5.82 Å². The standard InChI is InChI=1S/C11H17N5O9P2/c12-9-6-10(14-2-13-9)16(3-15-6)11-8(18)7(17)5(25-11)1-24-27(22,23)4-26(19,20)21/h2-3,5,7-8,11,17-18H,1,4H2,(H,22,23)(H2,12,13,14)(H2,19,20,21)/t5-,7-,8+,11+/m0/s1. The monoisotopic (exact) mass is 425 g/mol. The number of rotatable bonds is 6. The Labute approximate surface area is 151 Å². The molecule has 1 aliphatic heterocycles. The molecular formula is C11H17N5O9P2. The molecule has 27 heavy (non-hydrogen) atoms. The lowest BCUT2D eigenvalue weighted by Gasteiger charge is -2.18. The van der Waals surface area contributed by atoms with E-state index in [1.54, 1.807) is 0 Å². The van der Waals surface area contributed by atoms with E-state index in [2.05, 4.69) is 19.5 Å².